The molecule has 3 nitrogen and oxygen atoms in total. The first-order valence-electron chi connectivity index (χ1n) is 8.34. The summed E-state index contributed by atoms with van der Waals surface area (Å²) >= 11 is 6.10. The Morgan fingerprint density at radius 1 is 0.840 bits per heavy atom. The third-order valence-electron chi connectivity index (χ3n) is 5.12. The van der Waals surface area contributed by atoms with Gasteiger partial charge in [-0.05, 0) is 54.8 Å². The quantitative estimate of drug-likeness (QED) is 0.690. The summed E-state index contributed by atoms with van der Waals surface area (Å²) in [6, 6.07) is 17.3. The maximum absolute atomic E-state index is 6.10. The second-order valence-electron chi connectivity index (χ2n) is 6.40. The number of H-pyrrole nitrogens is 1. The zero-order valence-corrected chi connectivity index (χ0v) is 15.4. The Balaban J connectivity index is 0.00000182. The molecule has 1 aromatic heterocycles. The van der Waals surface area contributed by atoms with Gasteiger partial charge in [-0.15, -0.1) is 12.4 Å². The van der Waals surface area contributed by atoms with Crippen LogP contribution in [0.25, 0.3) is 11.1 Å². The van der Waals surface area contributed by atoms with Crippen molar-refractivity contribution in [3.63, 3.8) is 0 Å². The van der Waals surface area contributed by atoms with Crippen molar-refractivity contribution in [1.82, 2.24) is 15.5 Å². The molecular weight excluding hydrogens is 353 g/mol. The molecule has 2 N–H and O–H groups in total. The fourth-order valence-corrected chi connectivity index (χ4v) is 3.88. The molecule has 1 aliphatic heterocycles. The summed E-state index contributed by atoms with van der Waals surface area (Å²) in [4.78, 5) is 0. The highest BCUT2D eigenvalue weighted by atomic mass is 35.5. The molecule has 0 unspecified atom stereocenters. The monoisotopic (exact) mass is 373 g/mol. The van der Waals surface area contributed by atoms with E-state index in [0.717, 1.165) is 36.5 Å². The van der Waals surface area contributed by atoms with Gasteiger partial charge in [0.2, 0.25) is 0 Å². The lowest BCUT2D eigenvalue weighted by Gasteiger charge is -2.39. The lowest BCUT2D eigenvalue weighted by Crippen LogP contribution is -2.40. The summed E-state index contributed by atoms with van der Waals surface area (Å²) in [7, 11) is 0. The standard InChI is InChI=1S/C20H20ClN3.ClH/c21-19-7-5-18(6-8-19)20(9-11-22-12-10-20)17-3-1-15(2-4-17)16-13-23-24-14-16;/h1-8,13-14,22H,9-12H2,(H,23,24);1H. The van der Waals surface area contributed by atoms with E-state index in [-0.39, 0.29) is 17.8 Å². The molecule has 4 rings (SSSR count). The van der Waals surface area contributed by atoms with Crippen LogP contribution in [-0.2, 0) is 5.41 Å². The molecule has 130 valence electrons. The fraction of sp³-hybridized carbons (Fsp3) is 0.250. The van der Waals surface area contributed by atoms with Crippen LogP contribution < -0.4 is 5.32 Å². The van der Waals surface area contributed by atoms with E-state index in [9.17, 15) is 0 Å². The van der Waals surface area contributed by atoms with Crippen molar-refractivity contribution in [3.8, 4) is 11.1 Å². The molecule has 0 saturated carbocycles. The molecule has 0 bridgehead atoms. The molecule has 1 saturated heterocycles. The highest BCUT2D eigenvalue weighted by Gasteiger charge is 2.35. The fourth-order valence-electron chi connectivity index (χ4n) is 3.76. The van der Waals surface area contributed by atoms with Crippen molar-refractivity contribution in [2.24, 2.45) is 0 Å². The Morgan fingerprint density at radius 2 is 1.44 bits per heavy atom. The maximum Gasteiger partial charge on any atom is 0.0565 e. The van der Waals surface area contributed by atoms with Crippen LogP contribution in [0.5, 0.6) is 0 Å². The highest BCUT2D eigenvalue weighted by Crippen LogP contribution is 2.41. The smallest absolute Gasteiger partial charge is 0.0565 e. The molecule has 2 heterocycles. The average Bonchev–Trinajstić information content (AvgIpc) is 3.18. The van der Waals surface area contributed by atoms with Crippen LogP contribution in [0.3, 0.4) is 0 Å². The summed E-state index contributed by atoms with van der Waals surface area (Å²) in [5, 5.41) is 11.2. The van der Waals surface area contributed by atoms with Crippen LogP contribution in [0.4, 0.5) is 0 Å². The van der Waals surface area contributed by atoms with Crippen LogP contribution >= 0.6 is 24.0 Å². The third-order valence-corrected chi connectivity index (χ3v) is 5.37. The van der Waals surface area contributed by atoms with Gasteiger partial charge in [0, 0.05) is 22.2 Å². The van der Waals surface area contributed by atoms with Gasteiger partial charge in [0.1, 0.15) is 0 Å². The average molecular weight is 374 g/mol. The lowest BCUT2D eigenvalue weighted by molar-refractivity contribution is 0.362. The van der Waals surface area contributed by atoms with Gasteiger partial charge in [-0.25, -0.2) is 0 Å². The Labute approximate surface area is 159 Å². The van der Waals surface area contributed by atoms with Crippen molar-refractivity contribution in [2.45, 2.75) is 18.3 Å². The normalized spacial score (nSPS) is 16.2. The lowest BCUT2D eigenvalue weighted by atomic mass is 9.68. The van der Waals surface area contributed by atoms with Gasteiger partial charge in [0.05, 0.1) is 6.20 Å². The summed E-state index contributed by atoms with van der Waals surface area (Å²) in [5.41, 5.74) is 5.09. The van der Waals surface area contributed by atoms with E-state index in [1.807, 2.05) is 24.5 Å². The third kappa shape index (κ3) is 3.45. The first kappa shape index (κ1) is 18.0. The number of nitrogens with one attached hydrogen (secondary N) is 2. The molecule has 3 aromatic rings. The number of rotatable bonds is 3. The van der Waals surface area contributed by atoms with Gasteiger partial charge < -0.3 is 5.32 Å². The van der Waals surface area contributed by atoms with Crippen LogP contribution in [0, 0.1) is 0 Å². The minimum absolute atomic E-state index is 0. The first-order chi connectivity index (χ1) is 11.8. The van der Waals surface area contributed by atoms with E-state index < -0.39 is 0 Å². The van der Waals surface area contributed by atoms with Gasteiger partial charge in [-0.1, -0.05) is 48.0 Å². The van der Waals surface area contributed by atoms with Crippen LogP contribution in [0.1, 0.15) is 24.0 Å². The molecule has 0 amide bonds. The van der Waals surface area contributed by atoms with Gasteiger partial charge in [-0.2, -0.15) is 5.10 Å². The zero-order chi connectivity index (χ0) is 16.4. The molecule has 0 aliphatic carbocycles. The summed E-state index contributed by atoms with van der Waals surface area (Å²) in [5.74, 6) is 0. The highest BCUT2D eigenvalue weighted by molar-refractivity contribution is 6.30. The molecule has 0 atom stereocenters. The molecular formula is C20H21Cl2N3. The number of hydrogen-bond acceptors (Lipinski definition) is 2. The van der Waals surface area contributed by atoms with Gasteiger partial charge >= 0.3 is 0 Å². The van der Waals surface area contributed by atoms with Crippen molar-refractivity contribution in [3.05, 3.63) is 77.1 Å². The van der Waals surface area contributed by atoms with Crippen LogP contribution in [0.2, 0.25) is 5.02 Å². The van der Waals surface area contributed by atoms with Crippen molar-refractivity contribution >= 4 is 24.0 Å². The van der Waals surface area contributed by atoms with Gasteiger partial charge in [0.15, 0.2) is 0 Å². The molecule has 1 aliphatic rings. The molecule has 1 fully saturated rings. The number of aromatic nitrogens is 2. The summed E-state index contributed by atoms with van der Waals surface area (Å²) in [6.07, 6.45) is 5.97. The Kier molecular flexibility index (Phi) is 5.48. The minimum atomic E-state index is 0. The number of aromatic amines is 1. The predicted molar refractivity (Wildman–Crippen MR) is 106 cm³/mol. The van der Waals surface area contributed by atoms with Gasteiger partial charge in [0.25, 0.3) is 0 Å². The second-order valence-corrected chi connectivity index (χ2v) is 6.84. The second kappa shape index (κ2) is 7.61. The maximum atomic E-state index is 6.10. The Bertz CT molecular complexity index is 790. The van der Waals surface area contributed by atoms with Crippen LogP contribution in [0.15, 0.2) is 60.9 Å². The zero-order valence-electron chi connectivity index (χ0n) is 13.8. The van der Waals surface area contributed by atoms with Crippen molar-refractivity contribution in [2.75, 3.05) is 13.1 Å². The molecule has 0 spiro atoms. The molecule has 25 heavy (non-hydrogen) atoms. The van der Waals surface area contributed by atoms with Crippen molar-refractivity contribution in [1.29, 1.82) is 0 Å². The number of halogens is 2. The van der Waals surface area contributed by atoms with E-state index >= 15 is 0 Å². The minimum Gasteiger partial charge on any atom is -0.317 e. The largest absolute Gasteiger partial charge is 0.317 e. The van der Waals surface area contributed by atoms with E-state index in [4.69, 9.17) is 11.6 Å². The van der Waals surface area contributed by atoms with E-state index in [1.165, 1.54) is 16.7 Å². The predicted octanol–water partition coefficient (Wildman–Crippen LogP) is 4.82. The van der Waals surface area contributed by atoms with E-state index in [2.05, 4.69) is 51.9 Å². The first-order valence-corrected chi connectivity index (χ1v) is 8.72. The molecule has 5 heteroatoms. The van der Waals surface area contributed by atoms with E-state index in [1.54, 1.807) is 0 Å². The Hall–Kier alpha value is -1.81. The summed E-state index contributed by atoms with van der Waals surface area (Å²) in [6.45, 7) is 2.07. The SMILES string of the molecule is Cl.Clc1ccc(C2(c3ccc(-c4cn[nH]c4)cc3)CCNCC2)cc1. The summed E-state index contributed by atoms with van der Waals surface area (Å²) < 4.78 is 0. The Morgan fingerprint density at radius 3 is 2.00 bits per heavy atom. The van der Waals surface area contributed by atoms with Crippen molar-refractivity contribution < 1.29 is 0 Å². The number of piperidine rings is 1. The topological polar surface area (TPSA) is 40.7 Å². The molecule has 0 radical (unpaired) electrons. The number of nitrogens with zero attached hydrogens (tertiary/aromatic N) is 1. The van der Waals surface area contributed by atoms with E-state index in [0.29, 0.717) is 0 Å². The van der Waals surface area contributed by atoms with Gasteiger partial charge in [-0.3, -0.25) is 5.10 Å². The van der Waals surface area contributed by atoms with Crippen LogP contribution in [-0.4, -0.2) is 23.3 Å². The number of benzene rings is 2. The number of hydrogen-bond donors (Lipinski definition) is 2. The molecule has 2 aromatic carbocycles.